The number of nitrogens with zero attached hydrogens (tertiary/aromatic N) is 2. The largest absolute Gasteiger partial charge is 0.464 e. The minimum absolute atomic E-state index is 0.0276. The third-order valence-corrected chi connectivity index (χ3v) is 10.8. The van der Waals surface area contributed by atoms with Gasteiger partial charge in [0, 0.05) is 64.2 Å². The highest BCUT2D eigenvalue weighted by Gasteiger charge is 2.31. The number of rotatable bonds is 6. The lowest BCUT2D eigenvalue weighted by Gasteiger charge is -2.29. The van der Waals surface area contributed by atoms with Gasteiger partial charge in [0.05, 0.1) is 24.2 Å². The molecule has 11 heteroatoms. The molecule has 0 bridgehead atoms. The van der Waals surface area contributed by atoms with Crippen LogP contribution in [0.3, 0.4) is 0 Å². The van der Waals surface area contributed by atoms with Crippen molar-refractivity contribution >= 4 is 39.6 Å². The maximum Gasteiger partial charge on any atom is 0.270 e. The molecule has 2 N–H and O–H groups in total. The number of alkyl halides is 2. The molecule has 2 unspecified atom stereocenters. The monoisotopic (exact) mass is 738 g/mol. The fraction of sp³-hybridized carbons (Fsp3) is 0.250. The van der Waals surface area contributed by atoms with Crippen molar-refractivity contribution in [2.75, 3.05) is 6.54 Å². The second-order valence-electron chi connectivity index (χ2n) is 14.2. The first kappa shape index (κ1) is 35.6. The van der Waals surface area contributed by atoms with E-state index in [1.165, 1.54) is 18.5 Å². The second kappa shape index (κ2) is 14.4. The number of pyridine rings is 2. The van der Waals surface area contributed by atoms with Crippen molar-refractivity contribution in [1.29, 1.82) is 0 Å². The van der Waals surface area contributed by atoms with E-state index in [0.717, 1.165) is 52.2 Å². The van der Waals surface area contributed by atoms with Crippen LogP contribution in [-0.4, -0.2) is 33.8 Å². The third-order valence-electron chi connectivity index (χ3n) is 10.8. The van der Waals surface area contributed by atoms with Crippen LogP contribution in [0.5, 0.6) is 0 Å². The van der Waals surface area contributed by atoms with Crippen LogP contribution in [-0.2, 0) is 23.1 Å². The molecule has 2 aliphatic rings. The average Bonchev–Trinajstić information content (AvgIpc) is 3.60. The fourth-order valence-electron chi connectivity index (χ4n) is 8.04. The molecule has 2 atom stereocenters. The van der Waals surface area contributed by atoms with E-state index < -0.39 is 18.3 Å². The Bertz CT molecular complexity index is 2670. The number of hydrogen-bond donors (Lipinski definition) is 2. The van der Waals surface area contributed by atoms with E-state index in [1.807, 2.05) is 36.4 Å². The molecule has 1 saturated heterocycles. The predicted molar refractivity (Wildman–Crippen MR) is 204 cm³/mol. The van der Waals surface area contributed by atoms with Gasteiger partial charge in [-0.05, 0) is 97.3 Å². The van der Waals surface area contributed by atoms with Gasteiger partial charge in [0.1, 0.15) is 11.3 Å². The number of benzene rings is 3. The summed E-state index contributed by atoms with van der Waals surface area (Å²) in [6.07, 6.45) is 3.33. The van der Waals surface area contributed by atoms with Crippen LogP contribution >= 0.6 is 0 Å². The van der Waals surface area contributed by atoms with Gasteiger partial charge in [0.15, 0.2) is 0 Å². The van der Waals surface area contributed by atoms with Crippen molar-refractivity contribution < 1.29 is 27.6 Å². The molecular weight excluding hydrogens is 703 g/mol. The van der Waals surface area contributed by atoms with Crippen LogP contribution in [0, 0.1) is 18.8 Å². The number of hydrogen-bond acceptors (Lipinski definition) is 6. The van der Waals surface area contributed by atoms with E-state index in [1.54, 1.807) is 42.8 Å². The number of aryl methyl sites for hydroxylation is 3. The van der Waals surface area contributed by atoms with E-state index in [0.29, 0.717) is 39.8 Å². The number of halogens is 2. The molecule has 3 aromatic heterocycles. The van der Waals surface area contributed by atoms with E-state index in [-0.39, 0.29) is 47.5 Å². The van der Waals surface area contributed by atoms with Gasteiger partial charge in [-0.25, -0.2) is 8.78 Å². The van der Waals surface area contributed by atoms with Gasteiger partial charge >= 0.3 is 0 Å². The van der Waals surface area contributed by atoms with Gasteiger partial charge in [-0.2, -0.15) is 0 Å². The highest BCUT2D eigenvalue weighted by Crippen LogP contribution is 2.44. The molecule has 1 aliphatic heterocycles. The summed E-state index contributed by atoms with van der Waals surface area (Å²) in [4.78, 5) is 54.0. The quantitative estimate of drug-likeness (QED) is 0.136. The first-order valence-electron chi connectivity index (χ1n) is 18.2. The summed E-state index contributed by atoms with van der Waals surface area (Å²) in [5.41, 5.74) is 7.10. The molecule has 4 heterocycles. The van der Waals surface area contributed by atoms with Gasteiger partial charge in [-0.1, -0.05) is 36.1 Å². The highest BCUT2D eigenvalue weighted by molar-refractivity contribution is 6.02. The summed E-state index contributed by atoms with van der Waals surface area (Å²) in [6, 6.07) is 19.7. The van der Waals surface area contributed by atoms with Crippen molar-refractivity contribution in [3.8, 4) is 23.0 Å². The Hall–Kier alpha value is -6.41. The first-order chi connectivity index (χ1) is 26.6. The molecule has 3 amide bonds. The molecule has 55 heavy (non-hydrogen) atoms. The lowest BCUT2D eigenvalue weighted by molar-refractivity contribution is -0.134. The zero-order valence-corrected chi connectivity index (χ0v) is 30.2. The molecule has 6 aromatic rings. The van der Waals surface area contributed by atoms with Crippen molar-refractivity contribution in [2.45, 2.75) is 57.3 Å². The molecule has 3 aromatic carbocycles. The molecule has 8 rings (SSSR count). The highest BCUT2D eigenvalue weighted by atomic mass is 19.3. The number of carbonyl (C=O) groups is 3. The van der Waals surface area contributed by atoms with Crippen molar-refractivity contribution in [3.63, 3.8) is 0 Å². The summed E-state index contributed by atoms with van der Waals surface area (Å²) < 4.78 is 36.8. The van der Waals surface area contributed by atoms with Crippen molar-refractivity contribution in [3.05, 3.63) is 134 Å². The van der Waals surface area contributed by atoms with E-state index in [4.69, 9.17) is 4.42 Å². The number of imide groups is 1. The van der Waals surface area contributed by atoms with Crippen LogP contribution in [0.15, 0.2) is 88.4 Å². The normalized spacial score (nSPS) is 16.8. The Morgan fingerprint density at radius 3 is 2.62 bits per heavy atom. The van der Waals surface area contributed by atoms with Crippen LogP contribution in [0.1, 0.15) is 93.4 Å². The molecule has 9 nitrogen and oxygen atoms in total. The summed E-state index contributed by atoms with van der Waals surface area (Å²) in [6.45, 7) is 1.82. The smallest absolute Gasteiger partial charge is 0.270 e. The topological polar surface area (TPSA) is 123 Å². The van der Waals surface area contributed by atoms with Crippen LogP contribution in [0.4, 0.5) is 8.78 Å². The minimum atomic E-state index is -2.74. The zero-order valence-electron chi connectivity index (χ0n) is 30.2. The summed E-state index contributed by atoms with van der Waals surface area (Å²) in [7, 11) is 1.75. The third kappa shape index (κ3) is 6.69. The standard InChI is InChI=1S/C44H36F2N4O5/c1-24-18-33-29(9-4-10-38(33)50(2)44(24)54)28-8-3-7-26-20-31(35(41(45)46)21-32(26)28)27-12-14-37(48-22-27)43(53)47-17-5-6-25-11-15-39-34(19-25)36(23-55-39)30-13-16-40(51)49-42(30)52/h4,9-12,14-15,18-23,28,30,41H,3,7-8,13,16-17H2,1-2H3,(H,47,53)(H,49,51,52). The molecule has 0 spiro atoms. The van der Waals surface area contributed by atoms with Gasteiger partial charge in [0.25, 0.3) is 17.9 Å². The fourth-order valence-corrected chi connectivity index (χ4v) is 8.04. The van der Waals surface area contributed by atoms with E-state index in [2.05, 4.69) is 27.5 Å². The molecule has 0 radical (unpaired) electrons. The average molecular weight is 739 g/mol. The number of amides is 3. The van der Waals surface area contributed by atoms with Crippen LogP contribution in [0.2, 0.25) is 0 Å². The molecule has 1 fully saturated rings. The number of carbonyl (C=O) groups excluding carboxylic acids is 3. The Kier molecular flexibility index (Phi) is 9.35. The zero-order chi connectivity index (χ0) is 38.4. The Balaban J connectivity index is 0.990. The van der Waals surface area contributed by atoms with Crippen molar-refractivity contribution in [2.24, 2.45) is 7.05 Å². The number of piperidine rings is 1. The molecular formula is C44H36F2N4O5. The van der Waals surface area contributed by atoms with Crippen LogP contribution < -0.4 is 16.2 Å². The van der Waals surface area contributed by atoms with Gasteiger partial charge in [-0.3, -0.25) is 29.5 Å². The lowest BCUT2D eigenvalue weighted by Crippen LogP contribution is -2.39. The van der Waals surface area contributed by atoms with Gasteiger partial charge < -0.3 is 14.3 Å². The molecule has 1 aliphatic carbocycles. The number of aromatic nitrogens is 2. The first-order valence-corrected chi connectivity index (χ1v) is 18.2. The minimum Gasteiger partial charge on any atom is -0.464 e. The van der Waals surface area contributed by atoms with Gasteiger partial charge in [-0.15, -0.1) is 0 Å². The van der Waals surface area contributed by atoms with E-state index >= 15 is 0 Å². The second-order valence-corrected chi connectivity index (χ2v) is 14.2. The number of fused-ring (bicyclic) bond motifs is 3. The lowest BCUT2D eigenvalue weighted by atomic mass is 9.76. The number of nitrogens with one attached hydrogen (secondary N) is 2. The Morgan fingerprint density at radius 2 is 1.84 bits per heavy atom. The SMILES string of the molecule is Cc1cc2c(C3CCCc4cc(-c5ccc(C(=O)NCC#Cc6ccc7occ(C8CCC(=O)NC8=O)c7c6)nc5)c(C(F)F)cc43)cccc2n(C)c1=O. The summed E-state index contributed by atoms with van der Waals surface area (Å²) in [5.74, 6) is 4.25. The maximum atomic E-state index is 14.7. The van der Waals surface area contributed by atoms with Gasteiger partial charge in [0.2, 0.25) is 11.8 Å². The Morgan fingerprint density at radius 1 is 0.982 bits per heavy atom. The molecule has 0 saturated carbocycles. The maximum absolute atomic E-state index is 14.7. The Labute approximate surface area is 314 Å². The number of furan rings is 1. The molecule has 276 valence electrons. The summed E-state index contributed by atoms with van der Waals surface area (Å²) >= 11 is 0. The predicted octanol–water partition coefficient (Wildman–Crippen LogP) is 7.36. The van der Waals surface area contributed by atoms with E-state index in [9.17, 15) is 28.0 Å². The van der Waals surface area contributed by atoms with Crippen molar-refractivity contribution in [1.82, 2.24) is 20.2 Å². The summed E-state index contributed by atoms with van der Waals surface area (Å²) in [5, 5.41) is 6.79. The van der Waals surface area contributed by atoms with Crippen LogP contribution in [0.25, 0.3) is 33.0 Å².